The molecule has 11 nitrogen and oxygen atoms in total. The maximum atomic E-state index is 12.1. The Morgan fingerprint density at radius 2 is 1.41 bits per heavy atom. The minimum absolute atomic E-state index is 0.0234. The third-order valence-corrected chi connectivity index (χ3v) is 4.34. The highest BCUT2D eigenvalue weighted by molar-refractivity contribution is 6.03. The Morgan fingerprint density at radius 1 is 0.824 bits per heavy atom. The van der Waals surface area contributed by atoms with Crippen LogP contribution < -0.4 is 20.7 Å². The number of benzene rings is 2. The summed E-state index contributed by atoms with van der Waals surface area (Å²) in [6.07, 6.45) is -1.15. The van der Waals surface area contributed by atoms with Gasteiger partial charge in [-0.05, 0) is 36.4 Å². The molecule has 0 unspecified atom stereocenters. The van der Waals surface area contributed by atoms with Crippen LogP contribution in [0.5, 0.6) is 11.5 Å². The third kappa shape index (κ3) is 7.62. The predicted octanol–water partition coefficient (Wildman–Crippen LogP) is 4.12. The number of nitrogens with zero attached hydrogens (tertiary/aromatic N) is 1. The topological polar surface area (TPSA) is 144 Å². The molecule has 0 aliphatic rings. The van der Waals surface area contributed by atoms with E-state index in [-0.39, 0.29) is 35.4 Å². The third-order valence-electron chi connectivity index (χ3n) is 4.34. The minimum atomic E-state index is -0.876. The van der Waals surface area contributed by atoms with Crippen molar-refractivity contribution in [2.75, 3.05) is 19.5 Å². The Hall–Kier alpha value is -4.41. The highest BCUT2D eigenvalue weighted by Gasteiger charge is 2.14. The number of alkyl carbamates (subject to hydrolysis) is 2. The van der Waals surface area contributed by atoms with Crippen molar-refractivity contribution in [3.05, 3.63) is 48.0 Å². The van der Waals surface area contributed by atoms with Gasteiger partial charge in [0.1, 0.15) is 11.5 Å². The molecule has 0 saturated heterocycles. The first-order chi connectivity index (χ1) is 16.3. The molecule has 3 N–H and O–H groups in total. The molecule has 0 radical (unpaired) electrons. The van der Waals surface area contributed by atoms with Crippen molar-refractivity contribution in [3.8, 4) is 11.5 Å². The number of hydrogen-bond donors (Lipinski definition) is 3. The number of nitrogens with one attached hydrogen (secondary N) is 3. The molecular weight excluding hydrogens is 444 g/mol. The molecule has 0 aliphatic heterocycles. The summed E-state index contributed by atoms with van der Waals surface area (Å²) in [5, 5.41) is 7.21. The number of hydrogen-bond acceptors (Lipinski definition) is 8. The summed E-state index contributed by atoms with van der Waals surface area (Å²) in [5.74, 6) is 0.311. The summed E-state index contributed by atoms with van der Waals surface area (Å²) in [7, 11) is 2.30. The van der Waals surface area contributed by atoms with Crippen LogP contribution in [0.2, 0.25) is 0 Å². The molecule has 0 atom stereocenters. The van der Waals surface area contributed by atoms with Crippen LogP contribution >= 0.6 is 0 Å². The van der Waals surface area contributed by atoms with Crippen LogP contribution in [0.25, 0.3) is 0 Å². The molecule has 2 rings (SSSR count). The molecule has 0 bridgehead atoms. The number of carbonyl (C=O) groups excluding carboxylic acids is 4. The zero-order chi connectivity index (χ0) is 25.1. The van der Waals surface area contributed by atoms with E-state index >= 15 is 0 Å². The molecule has 0 aromatic heterocycles. The summed E-state index contributed by atoms with van der Waals surface area (Å²) in [4.78, 5) is 51.3. The van der Waals surface area contributed by atoms with E-state index in [4.69, 9.17) is 4.74 Å². The van der Waals surface area contributed by atoms with Gasteiger partial charge >= 0.3 is 12.2 Å². The van der Waals surface area contributed by atoms with E-state index in [1.807, 2.05) is 0 Å². The Bertz CT molecular complexity index is 1060. The van der Waals surface area contributed by atoms with E-state index in [0.29, 0.717) is 23.5 Å². The lowest BCUT2D eigenvalue weighted by molar-refractivity contribution is -0.115. The summed E-state index contributed by atoms with van der Waals surface area (Å²) in [6, 6.07) is 11.3. The highest BCUT2D eigenvalue weighted by Crippen LogP contribution is 2.32. The lowest BCUT2D eigenvalue weighted by atomic mass is 10.1. The number of ketones is 1. The van der Waals surface area contributed by atoms with Crippen LogP contribution in [0.3, 0.4) is 0 Å². The Kier molecular flexibility index (Phi) is 9.56. The normalized spacial score (nSPS) is 9.88. The van der Waals surface area contributed by atoms with Crippen molar-refractivity contribution in [2.24, 2.45) is 4.99 Å². The van der Waals surface area contributed by atoms with Gasteiger partial charge in [-0.3, -0.25) is 20.2 Å². The van der Waals surface area contributed by atoms with Gasteiger partial charge in [0.15, 0.2) is 5.78 Å². The van der Waals surface area contributed by atoms with Gasteiger partial charge in [0.2, 0.25) is 11.9 Å². The van der Waals surface area contributed by atoms with Gasteiger partial charge < -0.3 is 19.5 Å². The highest BCUT2D eigenvalue weighted by atomic mass is 16.5. The van der Waals surface area contributed by atoms with Crippen LogP contribution in [0.1, 0.15) is 37.0 Å². The SMILES string of the molecule is CCC(=O)Nc1cc(Oc2ccc(C(=O)CC)cc2)ccc1N=C(NC(=O)OC)NC(=O)OC. The molecule has 0 heterocycles. The second-order valence-corrected chi connectivity index (χ2v) is 6.68. The molecule has 2 aromatic rings. The molecule has 0 saturated carbocycles. The van der Waals surface area contributed by atoms with Crippen LogP contribution in [0, 0.1) is 0 Å². The first kappa shape index (κ1) is 25.8. The second kappa shape index (κ2) is 12.6. The zero-order valence-electron chi connectivity index (χ0n) is 19.3. The number of Topliss-reactive ketones (excluding diaryl/α,β-unsaturated/α-hetero) is 1. The Labute approximate surface area is 196 Å². The fourth-order valence-corrected chi connectivity index (χ4v) is 2.57. The van der Waals surface area contributed by atoms with Crippen LogP contribution in [-0.4, -0.2) is 44.1 Å². The van der Waals surface area contributed by atoms with Gasteiger partial charge in [-0.15, -0.1) is 0 Å². The molecule has 0 fully saturated rings. The summed E-state index contributed by atoms with van der Waals surface area (Å²) in [6.45, 7) is 3.47. The molecule has 34 heavy (non-hydrogen) atoms. The van der Waals surface area contributed by atoms with Crippen LogP contribution in [0.4, 0.5) is 21.0 Å². The van der Waals surface area contributed by atoms with Gasteiger partial charge in [-0.2, -0.15) is 0 Å². The van der Waals surface area contributed by atoms with E-state index < -0.39 is 12.2 Å². The number of aliphatic imine (C=N–C) groups is 1. The fourth-order valence-electron chi connectivity index (χ4n) is 2.57. The first-order valence-electron chi connectivity index (χ1n) is 10.3. The van der Waals surface area contributed by atoms with Gasteiger partial charge in [-0.25, -0.2) is 14.6 Å². The van der Waals surface area contributed by atoms with Gasteiger partial charge in [0.05, 0.1) is 25.6 Å². The fraction of sp³-hybridized carbons (Fsp3) is 0.261. The number of guanidine groups is 1. The van der Waals surface area contributed by atoms with Crippen LogP contribution in [-0.2, 0) is 14.3 Å². The van der Waals surface area contributed by atoms with Crippen molar-refractivity contribution >= 4 is 41.2 Å². The summed E-state index contributed by atoms with van der Waals surface area (Å²) >= 11 is 0. The first-order valence-corrected chi connectivity index (χ1v) is 10.3. The van der Waals surface area contributed by atoms with Gasteiger partial charge in [0, 0.05) is 24.5 Å². The summed E-state index contributed by atoms with van der Waals surface area (Å²) < 4.78 is 14.9. The number of rotatable bonds is 7. The monoisotopic (exact) mass is 470 g/mol. The van der Waals surface area contributed by atoms with Gasteiger partial charge in [-0.1, -0.05) is 13.8 Å². The average molecular weight is 470 g/mol. The van der Waals surface area contributed by atoms with E-state index in [1.54, 1.807) is 44.2 Å². The number of ether oxygens (including phenoxy) is 3. The molecule has 0 aliphatic carbocycles. The maximum Gasteiger partial charge on any atom is 0.413 e. The molecule has 11 heteroatoms. The van der Waals surface area contributed by atoms with Crippen molar-refractivity contribution in [1.29, 1.82) is 0 Å². The molecule has 180 valence electrons. The van der Waals surface area contributed by atoms with Crippen molar-refractivity contribution < 1.29 is 33.4 Å². The van der Waals surface area contributed by atoms with Crippen LogP contribution in [0.15, 0.2) is 47.5 Å². The van der Waals surface area contributed by atoms with Crippen molar-refractivity contribution in [2.45, 2.75) is 26.7 Å². The van der Waals surface area contributed by atoms with E-state index in [2.05, 4.69) is 30.4 Å². The smallest absolute Gasteiger partial charge is 0.413 e. The van der Waals surface area contributed by atoms with E-state index in [1.165, 1.54) is 12.1 Å². The standard InChI is InChI=1S/C23H26N4O7/c1-5-19(28)14-7-9-15(10-8-14)34-16-11-12-17(18(13-16)24-20(29)6-2)25-21(26-22(30)32-3)27-23(31)33-4/h7-13H,5-6H2,1-4H3,(H,24,29)(H2,25,26,27,30,31). The number of anilines is 1. The number of carbonyl (C=O) groups is 4. The Balaban J connectivity index is 2.38. The molecule has 2 aromatic carbocycles. The van der Waals surface area contributed by atoms with Gasteiger partial charge in [0.25, 0.3) is 0 Å². The molecule has 0 spiro atoms. The molecular formula is C23H26N4O7. The average Bonchev–Trinajstić information content (AvgIpc) is 2.85. The predicted molar refractivity (Wildman–Crippen MR) is 125 cm³/mol. The quantitative estimate of drug-likeness (QED) is 0.314. The van der Waals surface area contributed by atoms with Crippen molar-refractivity contribution in [3.63, 3.8) is 0 Å². The largest absolute Gasteiger partial charge is 0.457 e. The lowest BCUT2D eigenvalue weighted by Gasteiger charge is -2.13. The minimum Gasteiger partial charge on any atom is -0.457 e. The van der Waals surface area contributed by atoms with E-state index in [0.717, 1.165) is 14.2 Å². The Morgan fingerprint density at radius 3 is 1.94 bits per heavy atom. The molecule has 3 amide bonds. The lowest BCUT2D eigenvalue weighted by Crippen LogP contribution is -2.43. The zero-order valence-corrected chi connectivity index (χ0v) is 19.3. The van der Waals surface area contributed by atoms with E-state index in [9.17, 15) is 19.2 Å². The second-order valence-electron chi connectivity index (χ2n) is 6.68. The number of methoxy groups -OCH3 is 2. The maximum absolute atomic E-state index is 12.1. The summed E-state index contributed by atoms with van der Waals surface area (Å²) in [5.41, 5.74) is 1.05. The van der Waals surface area contributed by atoms with Crippen molar-refractivity contribution in [1.82, 2.24) is 10.6 Å². The number of amides is 3.